The van der Waals surface area contributed by atoms with Crippen LogP contribution >= 0.6 is 11.6 Å². The van der Waals surface area contributed by atoms with Crippen LogP contribution in [0.1, 0.15) is 24.0 Å². The Labute approximate surface area is 217 Å². The van der Waals surface area contributed by atoms with Crippen molar-refractivity contribution in [2.24, 2.45) is 0 Å². The highest BCUT2D eigenvalue weighted by Crippen LogP contribution is 2.49. The maximum absolute atomic E-state index is 14.8. The number of aromatic nitrogens is 2. The van der Waals surface area contributed by atoms with Crippen molar-refractivity contribution in [3.8, 4) is 16.8 Å². The average Bonchev–Trinajstić information content (AvgIpc) is 3.64. The van der Waals surface area contributed by atoms with Crippen molar-refractivity contribution in [3.63, 3.8) is 0 Å². The van der Waals surface area contributed by atoms with E-state index in [0.717, 1.165) is 11.1 Å². The van der Waals surface area contributed by atoms with E-state index in [0.29, 0.717) is 30.5 Å². The summed E-state index contributed by atoms with van der Waals surface area (Å²) in [5, 5.41) is 16.6. The molecule has 0 unspecified atom stereocenters. The van der Waals surface area contributed by atoms with E-state index in [1.54, 1.807) is 36.4 Å². The van der Waals surface area contributed by atoms with Gasteiger partial charge in [-0.2, -0.15) is 5.10 Å². The van der Waals surface area contributed by atoms with E-state index < -0.39 is 23.3 Å². The number of rotatable bonds is 8. The molecule has 0 atom stereocenters. The highest BCUT2D eigenvalue weighted by Gasteiger charge is 2.53. The van der Waals surface area contributed by atoms with Crippen LogP contribution in [0.15, 0.2) is 79.0 Å². The van der Waals surface area contributed by atoms with Gasteiger partial charge in [0.2, 0.25) is 0 Å². The fourth-order valence-corrected chi connectivity index (χ4v) is 4.45. The summed E-state index contributed by atoms with van der Waals surface area (Å²) in [6.07, 6.45) is 2.23. The number of carbonyl (C=O) groups is 2. The van der Waals surface area contributed by atoms with E-state index in [9.17, 15) is 19.1 Å². The van der Waals surface area contributed by atoms with E-state index in [4.69, 9.17) is 16.3 Å². The van der Waals surface area contributed by atoms with Gasteiger partial charge in [0, 0.05) is 12.0 Å². The van der Waals surface area contributed by atoms with Crippen molar-refractivity contribution >= 4 is 29.5 Å². The number of nitrogens with one attached hydrogen (secondary N) is 1. The number of hydrogen-bond donors (Lipinski definition) is 2. The quantitative estimate of drug-likeness (QED) is 0.287. The summed E-state index contributed by atoms with van der Waals surface area (Å²) in [4.78, 5) is 23.9. The van der Waals surface area contributed by atoms with E-state index in [2.05, 4.69) is 10.4 Å². The number of benzene rings is 3. The third-order valence-electron chi connectivity index (χ3n) is 6.50. The van der Waals surface area contributed by atoms with Gasteiger partial charge in [0.25, 0.3) is 0 Å². The van der Waals surface area contributed by atoms with Crippen LogP contribution in [-0.4, -0.2) is 33.6 Å². The highest BCUT2D eigenvalue weighted by atomic mass is 35.5. The standard InChI is InChI=1S/C28H23ClFN3O4/c29-23-17-31-33(25(23)32-27(36)37-15-12-18-4-2-1-3-5-18)21-9-6-19(7-10-21)20-8-11-22(24(30)16-20)28(13-14-28)26(34)35/h1-11,16-17H,12-15H2,(H,32,36)(H,34,35). The maximum Gasteiger partial charge on any atom is 0.412 e. The molecule has 37 heavy (non-hydrogen) atoms. The Kier molecular flexibility index (Phi) is 6.67. The first kappa shape index (κ1) is 24.5. The van der Waals surface area contributed by atoms with Crippen molar-refractivity contribution in [1.82, 2.24) is 9.78 Å². The number of carboxylic acid groups (broad SMARTS) is 1. The minimum atomic E-state index is -1.10. The van der Waals surface area contributed by atoms with Crippen molar-refractivity contribution < 1.29 is 23.8 Å². The zero-order valence-corrected chi connectivity index (χ0v) is 20.4. The van der Waals surface area contributed by atoms with Crippen LogP contribution in [0, 0.1) is 5.82 Å². The highest BCUT2D eigenvalue weighted by molar-refractivity contribution is 6.33. The van der Waals surface area contributed by atoms with Gasteiger partial charge in [0.1, 0.15) is 10.8 Å². The van der Waals surface area contributed by atoms with Gasteiger partial charge in [-0.15, -0.1) is 0 Å². The Morgan fingerprint density at radius 2 is 1.76 bits per heavy atom. The minimum absolute atomic E-state index is 0.208. The fourth-order valence-electron chi connectivity index (χ4n) is 4.28. The number of nitrogens with zero attached hydrogens (tertiary/aromatic N) is 2. The van der Waals surface area contributed by atoms with Gasteiger partial charge in [0.15, 0.2) is 5.82 Å². The SMILES string of the molecule is O=C(Nc1c(Cl)cnn1-c1ccc(-c2ccc(C3(C(=O)O)CC3)c(F)c2)cc1)OCCc1ccccc1. The first-order valence-corrected chi connectivity index (χ1v) is 12.1. The summed E-state index contributed by atoms with van der Waals surface area (Å²) in [7, 11) is 0. The molecule has 1 saturated carbocycles. The summed E-state index contributed by atoms with van der Waals surface area (Å²) in [5.74, 6) is -1.26. The Morgan fingerprint density at radius 1 is 1.05 bits per heavy atom. The maximum atomic E-state index is 14.8. The van der Waals surface area contributed by atoms with Gasteiger partial charge in [-0.25, -0.2) is 13.9 Å². The molecule has 188 valence electrons. The molecule has 7 nitrogen and oxygen atoms in total. The monoisotopic (exact) mass is 519 g/mol. The third kappa shape index (κ3) is 5.06. The van der Waals surface area contributed by atoms with Crippen molar-refractivity contribution in [3.05, 3.63) is 101 Å². The van der Waals surface area contributed by atoms with Gasteiger partial charge in [-0.05, 0) is 47.7 Å². The molecule has 5 rings (SSSR count). The van der Waals surface area contributed by atoms with E-state index >= 15 is 0 Å². The predicted molar refractivity (Wildman–Crippen MR) is 138 cm³/mol. The summed E-state index contributed by atoms with van der Waals surface area (Å²) >= 11 is 6.26. The second kappa shape index (κ2) is 10.1. The molecule has 1 heterocycles. The fraction of sp³-hybridized carbons (Fsp3) is 0.179. The molecular formula is C28H23ClFN3O4. The smallest absolute Gasteiger partial charge is 0.412 e. The number of anilines is 1. The number of halogens is 2. The van der Waals surface area contributed by atoms with Crippen LogP contribution in [0.3, 0.4) is 0 Å². The second-order valence-electron chi connectivity index (χ2n) is 8.88. The van der Waals surface area contributed by atoms with E-state index in [-0.39, 0.29) is 23.0 Å². The van der Waals surface area contributed by atoms with Crippen molar-refractivity contribution in [2.75, 3.05) is 11.9 Å². The molecule has 9 heteroatoms. The van der Waals surface area contributed by atoms with Gasteiger partial charge in [-0.3, -0.25) is 10.1 Å². The first-order chi connectivity index (χ1) is 17.9. The summed E-state index contributed by atoms with van der Waals surface area (Å²) in [6.45, 7) is 0.208. The van der Waals surface area contributed by atoms with E-state index in [1.807, 2.05) is 30.3 Å². The normalized spacial score (nSPS) is 13.7. The summed E-state index contributed by atoms with van der Waals surface area (Å²) in [6, 6.07) is 21.4. The lowest BCUT2D eigenvalue weighted by atomic mass is 9.93. The molecule has 1 aliphatic rings. The molecule has 1 aliphatic carbocycles. The van der Waals surface area contributed by atoms with Gasteiger partial charge in [-0.1, -0.05) is 66.2 Å². The molecule has 0 saturated heterocycles. The average molecular weight is 520 g/mol. The van der Waals surface area contributed by atoms with Crippen LogP contribution in [-0.2, 0) is 21.4 Å². The van der Waals surface area contributed by atoms with Crippen LogP contribution in [0.2, 0.25) is 5.02 Å². The molecular weight excluding hydrogens is 497 g/mol. The number of aliphatic carboxylic acids is 1. The molecule has 0 aliphatic heterocycles. The molecule has 1 amide bonds. The zero-order chi connectivity index (χ0) is 26.0. The second-order valence-corrected chi connectivity index (χ2v) is 9.29. The minimum Gasteiger partial charge on any atom is -0.481 e. The molecule has 0 bridgehead atoms. The Balaban J connectivity index is 1.28. The Morgan fingerprint density at radius 3 is 2.41 bits per heavy atom. The van der Waals surface area contributed by atoms with Crippen LogP contribution in [0.4, 0.5) is 15.0 Å². The number of ether oxygens (including phenoxy) is 1. The Hall–Kier alpha value is -4.17. The molecule has 4 aromatic rings. The van der Waals surface area contributed by atoms with Crippen molar-refractivity contribution in [1.29, 1.82) is 0 Å². The van der Waals surface area contributed by atoms with E-state index in [1.165, 1.54) is 16.9 Å². The zero-order valence-electron chi connectivity index (χ0n) is 19.7. The summed E-state index contributed by atoms with van der Waals surface area (Å²) < 4.78 is 21.5. The molecule has 0 radical (unpaired) electrons. The lowest BCUT2D eigenvalue weighted by Gasteiger charge is -2.13. The topological polar surface area (TPSA) is 93.5 Å². The largest absolute Gasteiger partial charge is 0.481 e. The number of carboxylic acids is 1. The predicted octanol–water partition coefficient (Wildman–Crippen LogP) is 6.24. The van der Waals surface area contributed by atoms with Gasteiger partial charge >= 0.3 is 12.1 Å². The number of amides is 1. The third-order valence-corrected chi connectivity index (χ3v) is 6.78. The van der Waals surface area contributed by atoms with Crippen LogP contribution in [0.5, 0.6) is 0 Å². The Bertz CT molecular complexity index is 1450. The van der Waals surface area contributed by atoms with Crippen LogP contribution in [0.25, 0.3) is 16.8 Å². The molecule has 2 N–H and O–H groups in total. The lowest BCUT2D eigenvalue weighted by Crippen LogP contribution is -2.20. The first-order valence-electron chi connectivity index (χ1n) is 11.7. The number of hydrogen-bond acceptors (Lipinski definition) is 4. The van der Waals surface area contributed by atoms with Gasteiger partial charge in [0.05, 0.1) is 23.9 Å². The summed E-state index contributed by atoms with van der Waals surface area (Å²) in [5.41, 5.74) is 2.16. The van der Waals surface area contributed by atoms with Gasteiger partial charge < -0.3 is 9.84 Å². The molecule has 1 fully saturated rings. The molecule has 1 aromatic heterocycles. The molecule has 0 spiro atoms. The number of carbonyl (C=O) groups excluding carboxylic acids is 1. The molecule has 3 aromatic carbocycles. The van der Waals surface area contributed by atoms with Crippen molar-refractivity contribution in [2.45, 2.75) is 24.7 Å². The van der Waals surface area contributed by atoms with Crippen LogP contribution < -0.4 is 5.32 Å². The lowest BCUT2D eigenvalue weighted by molar-refractivity contribution is -0.140.